The molecule has 0 unspecified atom stereocenters. The number of carbonyl (C=O) groups is 1. The van der Waals surface area contributed by atoms with E-state index >= 15 is 0 Å². The molecule has 0 aliphatic carbocycles. The summed E-state index contributed by atoms with van der Waals surface area (Å²) in [5.41, 5.74) is 3.29. The van der Waals surface area contributed by atoms with Crippen molar-refractivity contribution in [3.8, 4) is 17.0 Å². The van der Waals surface area contributed by atoms with Gasteiger partial charge in [0.1, 0.15) is 29.0 Å². The summed E-state index contributed by atoms with van der Waals surface area (Å²) in [7, 11) is 1.64. The molecule has 35 heavy (non-hydrogen) atoms. The number of fused-ring (bicyclic) bond motifs is 1. The van der Waals surface area contributed by atoms with E-state index in [9.17, 15) is 4.79 Å². The number of hydrogen-bond acceptors (Lipinski definition) is 7. The van der Waals surface area contributed by atoms with Crippen LogP contribution >= 0.6 is 0 Å². The highest BCUT2D eigenvalue weighted by Gasteiger charge is 2.28. The molecule has 1 amide bonds. The minimum absolute atomic E-state index is 0.00455. The Morgan fingerprint density at radius 2 is 1.86 bits per heavy atom. The molecule has 0 saturated carbocycles. The van der Waals surface area contributed by atoms with Gasteiger partial charge < -0.3 is 19.5 Å². The van der Waals surface area contributed by atoms with Gasteiger partial charge in [-0.2, -0.15) is 4.98 Å². The average Bonchev–Trinajstić information content (AvgIpc) is 3.36. The van der Waals surface area contributed by atoms with Crippen molar-refractivity contribution in [1.82, 2.24) is 20.4 Å². The Labute approximate surface area is 204 Å². The summed E-state index contributed by atoms with van der Waals surface area (Å²) < 4.78 is 10.8. The van der Waals surface area contributed by atoms with Crippen molar-refractivity contribution in [3.63, 3.8) is 0 Å². The number of rotatable bonds is 7. The van der Waals surface area contributed by atoms with E-state index in [0.29, 0.717) is 18.0 Å². The van der Waals surface area contributed by atoms with E-state index in [-0.39, 0.29) is 17.7 Å². The Balaban J connectivity index is 1.26. The lowest BCUT2D eigenvalue weighted by Gasteiger charge is -2.32. The molecule has 8 heteroatoms. The molecule has 180 valence electrons. The van der Waals surface area contributed by atoms with E-state index in [4.69, 9.17) is 9.26 Å². The predicted octanol–water partition coefficient (Wildman–Crippen LogP) is 4.43. The highest BCUT2D eigenvalue weighted by molar-refractivity contribution is 5.98. The quantitative estimate of drug-likeness (QED) is 0.426. The minimum Gasteiger partial charge on any atom is -0.497 e. The number of nitrogens with one attached hydrogen (secondary N) is 1. The summed E-state index contributed by atoms with van der Waals surface area (Å²) in [5, 5.41) is 8.22. The van der Waals surface area contributed by atoms with E-state index in [1.165, 1.54) is 11.9 Å². The number of anilines is 1. The Morgan fingerprint density at radius 1 is 1.11 bits per heavy atom. The van der Waals surface area contributed by atoms with Gasteiger partial charge in [0.15, 0.2) is 0 Å². The van der Waals surface area contributed by atoms with Gasteiger partial charge in [-0.3, -0.25) is 4.79 Å². The van der Waals surface area contributed by atoms with E-state index in [1.807, 2.05) is 42.5 Å². The molecule has 0 radical (unpaired) electrons. The van der Waals surface area contributed by atoms with Crippen molar-refractivity contribution < 1.29 is 14.1 Å². The standard InChI is InChI=1S/C27H29N5O3/c1-18(19-6-4-3-5-7-19)16-28-26(33)21-12-14-32(15-13-21)25-23-24(31-35-27(23)30-17-29-25)20-8-10-22(34-2)11-9-20/h3-11,17-18,21H,12-16H2,1-2H3,(H,28,33)/t18-/m1/s1. The summed E-state index contributed by atoms with van der Waals surface area (Å²) in [6, 6.07) is 17.9. The van der Waals surface area contributed by atoms with Crippen molar-refractivity contribution in [2.75, 3.05) is 31.6 Å². The molecule has 1 aliphatic heterocycles. The SMILES string of the molecule is COc1ccc(-c2noc3ncnc(N4CCC(C(=O)NC[C@@H](C)c5ccccc5)CC4)c23)cc1. The van der Waals surface area contributed by atoms with Gasteiger partial charge in [-0.05, 0) is 48.6 Å². The van der Waals surface area contributed by atoms with Gasteiger partial charge in [-0.1, -0.05) is 42.4 Å². The van der Waals surface area contributed by atoms with Crippen LogP contribution in [0.2, 0.25) is 0 Å². The second kappa shape index (κ2) is 10.1. The first-order valence-corrected chi connectivity index (χ1v) is 12.0. The van der Waals surface area contributed by atoms with Gasteiger partial charge in [0.25, 0.3) is 5.71 Å². The largest absolute Gasteiger partial charge is 0.497 e. The molecule has 1 N–H and O–H groups in total. The predicted molar refractivity (Wildman–Crippen MR) is 134 cm³/mol. The molecule has 2 aromatic carbocycles. The number of aromatic nitrogens is 3. The van der Waals surface area contributed by atoms with Crippen molar-refractivity contribution >= 4 is 22.8 Å². The third kappa shape index (κ3) is 4.82. The van der Waals surface area contributed by atoms with Crippen LogP contribution in [0.4, 0.5) is 5.82 Å². The monoisotopic (exact) mass is 471 g/mol. The van der Waals surface area contributed by atoms with Crippen LogP contribution in [-0.2, 0) is 4.79 Å². The fourth-order valence-corrected chi connectivity index (χ4v) is 4.61. The van der Waals surface area contributed by atoms with Gasteiger partial charge in [-0.15, -0.1) is 0 Å². The van der Waals surface area contributed by atoms with Crippen LogP contribution in [0.5, 0.6) is 5.75 Å². The lowest BCUT2D eigenvalue weighted by atomic mass is 9.95. The molecular formula is C27H29N5O3. The second-order valence-corrected chi connectivity index (χ2v) is 8.96. The van der Waals surface area contributed by atoms with Crippen molar-refractivity contribution in [2.24, 2.45) is 5.92 Å². The zero-order valence-electron chi connectivity index (χ0n) is 20.0. The Bertz CT molecular complexity index is 1280. The summed E-state index contributed by atoms with van der Waals surface area (Å²) in [5.74, 6) is 1.97. The normalized spacial score (nSPS) is 15.2. The van der Waals surface area contributed by atoms with Gasteiger partial charge in [0, 0.05) is 31.1 Å². The van der Waals surface area contributed by atoms with Gasteiger partial charge >= 0.3 is 0 Å². The lowest BCUT2D eigenvalue weighted by molar-refractivity contribution is -0.125. The van der Waals surface area contributed by atoms with E-state index in [0.717, 1.165) is 48.4 Å². The number of benzene rings is 2. The van der Waals surface area contributed by atoms with Crippen LogP contribution in [-0.4, -0.2) is 47.8 Å². The van der Waals surface area contributed by atoms with Crippen LogP contribution in [0.3, 0.4) is 0 Å². The van der Waals surface area contributed by atoms with Gasteiger partial charge in [0.2, 0.25) is 5.91 Å². The number of carbonyl (C=O) groups excluding carboxylic acids is 1. The highest BCUT2D eigenvalue weighted by atomic mass is 16.5. The molecule has 1 aliphatic rings. The molecular weight excluding hydrogens is 442 g/mol. The zero-order chi connectivity index (χ0) is 24.2. The fraction of sp³-hybridized carbons (Fsp3) is 0.333. The smallest absolute Gasteiger partial charge is 0.263 e. The number of nitrogens with zero attached hydrogens (tertiary/aromatic N) is 4. The molecule has 4 aromatic rings. The average molecular weight is 472 g/mol. The highest BCUT2D eigenvalue weighted by Crippen LogP contribution is 2.35. The van der Waals surface area contributed by atoms with Crippen LogP contribution < -0.4 is 15.0 Å². The summed E-state index contributed by atoms with van der Waals surface area (Å²) in [4.78, 5) is 23.9. The fourth-order valence-electron chi connectivity index (χ4n) is 4.61. The second-order valence-electron chi connectivity index (χ2n) is 8.96. The van der Waals surface area contributed by atoms with Gasteiger partial charge in [-0.25, -0.2) is 4.98 Å². The number of piperidine rings is 1. The van der Waals surface area contributed by atoms with Crippen molar-refractivity contribution in [3.05, 3.63) is 66.5 Å². The summed E-state index contributed by atoms with van der Waals surface area (Å²) in [6.45, 7) is 4.23. The van der Waals surface area contributed by atoms with E-state index in [2.05, 4.69) is 44.4 Å². The molecule has 0 bridgehead atoms. The first-order valence-electron chi connectivity index (χ1n) is 12.0. The Morgan fingerprint density at radius 3 is 2.57 bits per heavy atom. The molecule has 3 heterocycles. The molecule has 1 saturated heterocycles. The van der Waals surface area contributed by atoms with Crippen LogP contribution in [0.25, 0.3) is 22.4 Å². The number of methoxy groups -OCH3 is 1. The molecule has 0 spiro atoms. The molecule has 8 nitrogen and oxygen atoms in total. The number of hydrogen-bond donors (Lipinski definition) is 1. The Kier molecular flexibility index (Phi) is 6.61. The first kappa shape index (κ1) is 22.8. The Hall–Kier alpha value is -3.94. The third-order valence-electron chi connectivity index (χ3n) is 6.73. The summed E-state index contributed by atoms with van der Waals surface area (Å²) >= 11 is 0. The number of ether oxygens (including phenoxy) is 1. The van der Waals surface area contributed by atoms with Crippen LogP contribution in [0, 0.1) is 5.92 Å². The molecule has 1 fully saturated rings. The van der Waals surface area contributed by atoms with Crippen LogP contribution in [0.1, 0.15) is 31.2 Å². The third-order valence-corrected chi connectivity index (χ3v) is 6.73. The lowest BCUT2D eigenvalue weighted by Crippen LogP contribution is -2.41. The molecule has 5 rings (SSSR count). The first-order chi connectivity index (χ1) is 17.1. The van der Waals surface area contributed by atoms with Crippen molar-refractivity contribution in [1.29, 1.82) is 0 Å². The van der Waals surface area contributed by atoms with Crippen LogP contribution in [0.15, 0.2) is 65.4 Å². The topological polar surface area (TPSA) is 93.4 Å². The maximum absolute atomic E-state index is 12.8. The molecule has 1 atom stereocenters. The van der Waals surface area contributed by atoms with Crippen molar-refractivity contribution in [2.45, 2.75) is 25.7 Å². The minimum atomic E-state index is -0.00455. The molecule has 2 aromatic heterocycles. The maximum Gasteiger partial charge on any atom is 0.263 e. The van der Waals surface area contributed by atoms with Gasteiger partial charge in [0.05, 0.1) is 7.11 Å². The number of amides is 1. The summed E-state index contributed by atoms with van der Waals surface area (Å²) in [6.07, 6.45) is 3.03. The maximum atomic E-state index is 12.8. The van der Waals surface area contributed by atoms with E-state index in [1.54, 1.807) is 7.11 Å². The van der Waals surface area contributed by atoms with E-state index < -0.39 is 0 Å². The zero-order valence-corrected chi connectivity index (χ0v) is 20.0.